The molecule has 1 aliphatic carbocycles. The maximum Gasteiger partial charge on any atom is 0.183 e. The van der Waals surface area contributed by atoms with E-state index in [2.05, 4.69) is 20.3 Å². The molecular formula is C12H15N5O3. The van der Waals surface area contributed by atoms with Gasteiger partial charge in [-0.15, -0.1) is 0 Å². The van der Waals surface area contributed by atoms with Crippen LogP contribution in [0.5, 0.6) is 0 Å². The topological polar surface area (TPSA) is 94.3 Å². The smallest absolute Gasteiger partial charge is 0.183 e. The van der Waals surface area contributed by atoms with Crippen LogP contribution in [0.1, 0.15) is 19.1 Å². The predicted octanol–water partition coefficient (Wildman–Crippen LogP) is 0.264. The zero-order chi connectivity index (χ0) is 13.5. The minimum Gasteiger partial charge on any atom is -0.391 e. The van der Waals surface area contributed by atoms with Crippen molar-refractivity contribution >= 4 is 17.0 Å². The highest BCUT2D eigenvalue weighted by Crippen LogP contribution is 2.29. The van der Waals surface area contributed by atoms with E-state index in [0.29, 0.717) is 18.3 Å². The second kappa shape index (κ2) is 4.65. The first-order valence-corrected chi connectivity index (χ1v) is 6.67. The van der Waals surface area contributed by atoms with Crippen LogP contribution in [0.15, 0.2) is 12.7 Å². The first-order valence-electron chi connectivity index (χ1n) is 6.67. The number of anilines is 1. The van der Waals surface area contributed by atoms with Gasteiger partial charge in [-0.3, -0.25) is 4.57 Å². The molecule has 8 nitrogen and oxygen atoms in total. The Labute approximate surface area is 114 Å². The molecule has 0 aromatic carbocycles. The van der Waals surface area contributed by atoms with Gasteiger partial charge >= 0.3 is 0 Å². The molecule has 106 valence electrons. The van der Waals surface area contributed by atoms with E-state index < -0.39 is 6.29 Å². The van der Waals surface area contributed by atoms with E-state index in [9.17, 15) is 0 Å². The fourth-order valence-corrected chi connectivity index (χ4v) is 2.27. The summed E-state index contributed by atoms with van der Waals surface area (Å²) in [5, 5.41) is 12.4. The Hall–Kier alpha value is -1.77. The molecule has 3 heterocycles. The van der Waals surface area contributed by atoms with Crippen molar-refractivity contribution in [2.75, 3.05) is 18.5 Å². The van der Waals surface area contributed by atoms with Crippen molar-refractivity contribution in [3.63, 3.8) is 0 Å². The Morgan fingerprint density at radius 2 is 2.25 bits per heavy atom. The Morgan fingerprint density at radius 3 is 3.00 bits per heavy atom. The summed E-state index contributed by atoms with van der Waals surface area (Å²) >= 11 is 0. The maximum atomic E-state index is 9.03. The third-order valence-electron chi connectivity index (χ3n) is 3.47. The molecule has 2 fully saturated rings. The van der Waals surface area contributed by atoms with E-state index >= 15 is 0 Å². The molecule has 0 unspecified atom stereocenters. The van der Waals surface area contributed by atoms with Crippen molar-refractivity contribution in [2.45, 2.75) is 31.4 Å². The Morgan fingerprint density at radius 1 is 1.35 bits per heavy atom. The molecule has 2 aromatic heterocycles. The van der Waals surface area contributed by atoms with Gasteiger partial charge in [-0.2, -0.15) is 0 Å². The van der Waals surface area contributed by atoms with Crippen LogP contribution in [0.4, 0.5) is 5.82 Å². The van der Waals surface area contributed by atoms with Gasteiger partial charge in [0.05, 0.1) is 19.5 Å². The van der Waals surface area contributed by atoms with Crippen molar-refractivity contribution in [2.24, 2.45) is 0 Å². The van der Waals surface area contributed by atoms with Gasteiger partial charge in [0, 0.05) is 6.04 Å². The summed E-state index contributed by atoms with van der Waals surface area (Å²) in [5.41, 5.74) is 1.44. The molecule has 1 aliphatic heterocycles. The second-order valence-electron chi connectivity index (χ2n) is 5.00. The predicted molar refractivity (Wildman–Crippen MR) is 68.9 cm³/mol. The average Bonchev–Trinajstić information content (AvgIpc) is 3.01. The summed E-state index contributed by atoms with van der Waals surface area (Å²) in [6, 6.07) is 0.503. The lowest BCUT2D eigenvalue weighted by Gasteiger charge is -2.11. The molecule has 0 spiro atoms. The zero-order valence-corrected chi connectivity index (χ0v) is 10.8. The van der Waals surface area contributed by atoms with Crippen molar-refractivity contribution < 1.29 is 14.6 Å². The van der Waals surface area contributed by atoms with Crippen LogP contribution in [-0.2, 0) is 9.47 Å². The second-order valence-corrected chi connectivity index (χ2v) is 5.00. The fraction of sp³-hybridized carbons (Fsp3) is 0.583. The Kier molecular flexibility index (Phi) is 2.79. The van der Waals surface area contributed by atoms with Crippen molar-refractivity contribution in [3.8, 4) is 0 Å². The monoisotopic (exact) mass is 277 g/mol. The van der Waals surface area contributed by atoms with Crippen molar-refractivity contribution in [3.05, 3.63) is 12.7 Å². The SMILES string of the molecule is OC[C@@H]1OC[C@H](n2cnc3c(NC4CC4)ncnc32)O1. The van der Waals surface area contributed by atoms with E-state index in [1.54, 1.807) is 6.33 Å². The van der Waals surface area contributed by atoms with Crippen LogP contribution >= 0.6 is 0 Å². The average molecular weight is 277 g/mol. The summed E-state index contributed by atoms with van der Waals surface area (Å²) in [7, 11) is 0. The molecule has 1 saturated heterocycles. The largest absolute Gasteiger partial charge is 0.391 e. The molecule has 2 aromatic rings. The Balaban J connectivity index is 1.67. The molecule has 2 N–H and O–H groups in total. The van der Waals surface area contributed by atoms with Gasteiger partial charge in [-0.05, 0) is 12.8 Å². The molecule has 0 radical (unpaired) electrons. The number of hydrogen-bond acceptors (Lipinski definition) is 7. The van der Waals surface area contributed by atoms with Crippen molar-refractivity contribution in [1.29, 1.82) is 0 Å². The highest BCUT2D eigenvalue weighted by Gasteiger charge is 2.29. The number of imidazole rings is 1. The summed E-state index contributed by atoms with van der Waals surface area (Å²) < 4.78 is 12.7. The van der Waals surface area contributed by atoms with E-state index in [1.807, 2.05) is 4.57 Å². The number of aliphatic hydroxyl groups is 1. The molecule has 0 amide bonds. The van der Waals surface area contributed by atoms with Crippen LogP contribution in [0, 0.1) is 0 Å². The minimum absolute atomic E-state index is 0.160. The number of nitrogens with one attached hydrogen (secondary N) is 1. The molecule has 4 rings (SSSR count). The fourth-order valence-electron chi connectivity index (χ4n) is 2.27. The van der Waals surface area contributed by atoms with Crippen LogP contribution in [0.3, 0.4) is 0 Å². The molecule has 2 atom stereocenters. The van der Waals surface area contributed by atoms with Crippen LogP contribution in [-0.4, -0.2) is 50.2 Å². The molecule has 20 heavy (non-hydrogen) atoms. The summed E-state index contributed by atoms with van der Waals surface area (Å²) in [4.78, 5) is 12.9. The van der Waals surface area contributed by atoms with Crippen LogP contribution in [0.25, 0.3) is 11.2 Å². The maximum absolute atomic E-state index is 9.03. The van der Waals surface area contributed by atoms with E-state index in [0.717, 1.165) is 11.3 Å². The first-order chi connectivity index (χ1) is 9.85. The quantitative estimate of drug-likeness (QED) is 0.828. The molecule has 2 aliphatic rings. The number of ether oxygens (including phenoxy) is 2. The molecule has 1 saturated carbocycles. The molecular weight excluding hydrogens is 262 g/mol. The number of fused-ring (bicyclic) bond motifs is 1. The normalized spacial score (nSPS) is 26.2. The molecule has 0 bridgehead atoms. The minimum atomic E-state index is -0.580. The van der Waals surface area contributed by atoms with Gasteiger partial charge in [0.1, 0.15) is 6.33 Å². The summed E-state index contributed by atoms with van der Waals surface area (Å²) in [5.74, 6) is 0.758. The number of nitrogens with zero attached hydrogens (tertiary/aromatic N) is 4. The summed E-state index contributed by atoms with van der Waals surface area (Å²) in [6.45, 7) is 0.207. The van der Waals surface area contributed by atoms with E-state index in [4.69, 9.17) is 14.6 Å². The standard InChI is InChI=1S/C12H15N5O3/c18-3-9-19-4-8(20-9)17-6-15-10-11(16-7-1-2-7)13-5-14-12(10)17/h5-9,18H,1-4H2,(H,13,14,16)/t8-,9-/m1/s1. The van der Waals surface area contributed by atoms with Gasteiger partial charge in [0.2, 0.25) is 0 Å². The lowest BCUT2D eigenvalue weighted by molar-refractivity contribution is -0.0980. The van der Waals surface area contributed by atoms with E-state index in [-0.39, 0.29) is 12.8 Å². The van der Waals surface area contributed by atoms with Crippen LogP contribution < -0.4 is 5.32 Å². The van der Waals surface area contributed by atoms with Crippen molar-refractivity contribution in [1.82, 2.24) is 19.5 Å². The highest BCUT2D eigenvalue weighted by molar-refractivity contribution is 5.82. The summed E-state index contributed by atoms with van der Waals surface area (Å²) in [6.07, 6.45) is 4.63. The Bertz CT molecular complexity index is 627. The molecule has 8 heteroatoms. The third kappa shape index (κ3) is 2.01. The van der Waals surface area contributed by atoms with E-state index in [1.165, 1.54) is 19.2 Å². The number of aromatic nitrogens is 4. The van der Waals surface area contributed by atoms with Gasteiger partial charge in [0.25, 0.3) is 0 Å². The first kappa shape index (κ1) is 12.0. The van der Waals surface area contributed by atoms with Gasteiger partial charge < -0.3 is 19.9 Å². The van der Waals surface area contributed by atoms with Gasteiger partial charge in [-0.25, -0.2) is 15.0 Å². The van der Waals surface area contributed by atoms with Crippen LogP contribution in [0.2, 0.25) is 0 Å². The number of hydrogen-bond donors (Lipinski definition) is 2. The highest BCUT2D eigenvalue weighted by atomic mass is 16.7. The lowest BCUT2D eigenvalue weighted by atomic mass is 10.4. The lowest BCUT2D eigenvalue weighted by Crippen LogP contribution is -2.15. The number of rotatable bonds is 4. The number of aliphatic hydroxyl groups excluding tert-OH is 1. The van der Waals surface area contributed by atoms with Gasteiger partial charge in [0.15, 0.2) is 29.5 Å². The van der Waals surface area contributed by atoms with Gasteiger partial charge in [-0.1, -0.05) is 0 Å². The third-order valence-corrected chi connectivity index (χ3v) is 3.47. The zero-order valence-electron chi connectivity index (χ0n) is 10.8.